The van der Waals surface area contributed by atoms with Gasteiger partial charge in [-0.1, -0.05) is 18.2 Å². The van der Waals surface area contributed by atoms with Crippen LogP contribution in [0.5, 0.6) is 0 Å². The summed E-state index contributed by atoms with van der Waals surface area (Å²) in [4.78, 5) is 5.89. The van der Waals surface area contributed by atoms with E-state index in [0.717, 1.165) is 25.5 Å². The van der Waals surface area contributed by atoms with Crippen LogP contribution in [0.15, 0.2) is 35.3 Å². The first kappa shape index (κ1) is 10.8. The summed E-state index contributed by atoms with van der Waals surface area (Å²) in [7, 11) is 0. The average Bonchev–Trinajstić information content (AvgIpc) is 2.94. The lowest BCUT2D eigenvalue weighted by Crippen LogP contribution is -2.03. The highest BCUT2D eigenvalue weighted by molar-refractivity contribution is 7.19. The van der Waals surface area contributed by atoms with Crippen LogP contribution in [0.2, 0.25) is 0 Å². The van der Waals surface area contributed by atoms with Gasteiger partial charge in [-0.05, 0) is 24.4 Å². The number of aliphatic imine (C=N–C) groups is 1. The fraction of sp³-hybridized carbons (Fsp3) is 0.357. The van der Waals surface area contributed by atoms with Crippen LogP contribution in [0.4, 0.5) is 0 Å². The van der Waals surface area contributed by atoms with E-state index in [4.69, 9.17) is 4.74 Å². The highest BCUT2D eigenvalue weighted by Crippen LogP contribution is 2.35. The van der Waals surface area contributed by atoms with Gasteiger partial charge >= 0.3 is 0 Å². The number of fused-ring (bicyclic) bond motifs is 1. The van der Waals surface area contributed by atoms with Crippen LogP contribution in [-0.2, 0) is 4.74 Å². The molecule has 0 amide bonds. The smallest absolute Gasteiger partial charge is 0.183 e. The molecule has 1 aliphatic heterocycles. The Labute approximate surface area is 105 Å². The Morgan fingerprint density at radius 1 is 1.41 bits per heavy atom. The zero-order valence-electron chi connectivity index (χ0n) is 9.85. The molecule has 1 aliphatic rings. The van der Waals surface area contributed by atoms with Gasteiger partial charge in [0, 0.05) is 21.9 Å². The summed E-state index contributed by atoms with van der Waals surface area (Å²) in [6, 6.07) is 10.8. The average molecular weight is 245 g/mol. The topological polar surface area (TPSA) is 21.6 Å². The van der Waals surface area contributed by atoms with Crippen molar-refractivity contribution < 1.29 is 4.74 Å². The molecule has 2 aromatic rings. The molecule has 2 heterocycles. The molecule has 3 rings (SSSR count). The summed E-state index contributed by atoms with van der Waals surface area (Å²) in [5.74, 6) is 1.45. The Morgan fingerprint density at radius 2 is 2.29 bits per heavy atom. The minimum atomic E-state index is 0.522. The van der Waals surface area contributed by atoms with Gasteiger partial charge in [-0.25, -0.2) is 0 Å². The molecule has 0 spiro atoms. The van der Waals surface area contributed by atoms with E-state index in [2.05, 4.69) is 35.3 Å². The monoisotopic (exact) mass is 245 g/mol. The second-order valence-electron chi connectivity index (χ2n) is 4.26. The van der Waals surface area contributed by atoms with Crippen molar-refractivity contribution in [2.24, 2.45) is 4.99 Å². The molecule has 0 N–H and O–H groups in total. The number of ether oxygens (including phenoxy) is 1. The minimum absolute atomic E-state index is 0.522. The maximum atomic E-state index is 5.48. The van der Waals surface area contributed by atoms with Crippen LogP contribution < -0.4 is 0 Å². The number of thiophene rings is 1. The summed E-state index contributed by atoms with van der Waals surface area (Å²) in [6.07, 6.45) is 0.959. The zero-order valence-corrected chi connectivity index (χ0v) is 10.7. The van der Waals surface area contributed by atoms with Gasteiger partial charge in [-0.15, -0.1) is 11.3 Å². The fourth-order valence-electron chi connectivity index (χ4n) is 2.22. The third kappa shape index (κ3) is 2.07. The van der Waals surface area contributed by atoms with Crippen LogP contribution in [0.25, 0.3) is 10.1 Å². The Morgan fingerprint density at radius 3 is 3.12 bits per heavy atom. The van der Waals surface area contributed by atoms with Crippen molar-refractivity contribution in [1.29, 1.82) is 0 Å². The summed E-state index contributed by atoms with van der Waals surface area (Å²) >= 11 is 1.89. The van der Waals surface area contributed by atoms with Gasteiger partial charge in [0.15, 0.2) is 5.90 Å². The number of hydrogen-bond acceptors (Lipinski definition) is 3. The molecule has 1 unspecified atom stereocenters. The molecule has 1 aromatic carbocycles. The first-order valence-electron chi connectivity index (χ1n) is 6.01. The molecule has 0 saturated carbocycles. The highest BCUT2D eigenvalue weighted by Gasteiger charge is 2.22. The third-order valence-corrected chi connectivity index (χ3v) is 4.35. The van der Waals surface area contributed by atoms with Crippen molar-refractivity contribution >= 4 is 27.3 Å². The molecule has 0 saturated heterocycles. The molecule has 1 atom stereocenters. The Hall–Kier alpha value is -1.35. The van der Waals surface area contributed by atoms with Crippen molar-refractivity contribution in [1.82, 2.24) is 0 Å². The molecule has 0 bridgehead atoms. The van der Waals surface area contributed by atoms with Crippen molar-refractivity contribution in [3.8, 4) is 0 Å². The number of hydrogen-bond donors (Lipinski definition) is 0. The van der Waals surface area contributed by atoms with Crippen LogP contribution in [0, 0.1) is 0 Å². The van der Waals surface area contributed by atoms with E-state index in [1.165, 1.54) is 15.0 Å². The number of nitrogens with zero attached hydrogens (tertiary/aromatic N) is 1. The molecular formula is C14H15NOS. The first-order chi connectivity index (χ1) is 8.36. The van der Waals surface area contributed by atoms with Crippen LogP contribution in [0.1, 0.15) is 24.1 Å². The van der Waals surface area contributed by atoms with Crippen molar-refractivity contribution in [3.63, 3.8) is 0 Å². The maximum Gasteiger partial charge on any atom is 0.183 e. The van der Waals surface area contributed by atoms with Gasteiger partial charge in [-0.2, -0.15) is 0 Å². The largest absolute Gasteiger partial charge is 0.481 e. The van der Waals surface area contributed by atoms with Crippen LogP contribution in [0.3, 0.4) is 0 Å². The summed E-state index contributed by atoms with van der Waals surface area (Å²) in [5, 5.41) is 1.34. The molecule has 3 heteroatoms. The second-order valence-corrected chi connectivity index (χ2v) is 5.37. The quantitative estimate of drug-likeness (QED) is 0.788. The molecule has 0 fully saturated rings. The molecule has 17 heavy (non-hydrogen) atoms. The Balaban J connectivity index is 1.82. The summed E-state index contributed by atoms with van der Waals surface area (Å²) in [5.41, 5.74) is 0. The SMILES string of the molecule is CCOC1=NCC(c2cc3ccccc3s2)C1. The van der Waals surface area contributed by atoms with Gasteiger partial charge < -0.3 is 4.74 Å². The van der Waals surface area contributed by atoms with E-state index in [0.29, 0.717) is 5.92 Å². The fourth-order valence-corrected chi connectivity index (χ4v) is 3.37. The van der Waals surface area contributed by atoms with Gasteiger partial charge in [0.2, 0.25) is 0 Å². The molecule has 88 valence electrons. The zero-order chi connectivity index (χ0) is 11.7. The Bertz CT molecular complexity index is 525. The van der Waals surface area contributed by atoms with E-state index in [1.54, 1.807) is 0 Å². The van der Waals surface area contributed by atoms with Crippen LogP contribution >= 0.6 is 11.3 Å². The molecule has 0 aliphatic carbocycles. The molecular weight excluding hydrogens is 230 g/mol. The van der Waals surface area contributed by atoms with Gasteiger partial charge in [0.25, 0.3) is 0 Å². The summed E-state index contributed by atoms with van der Waals surface area (Å²) in [6.45, 7) is 3.61. The van der Waals surface area contributed by atoms with E-state index >= 15 is 0 Å². The first-order valence-corrected chi connectivity index (χ1v) is 6.83. The van der Waals surface area contributed by atoms with Gasteiger partial charge in [-0.3, -0.25) is 4.99 Å². The lowest BCUT2D eigenvalue weighted by molar-refractivity contribution is 0.320. The van der Waals surface area contributed by atoms with Gasteiger partial charge in [0.1, 0.15) is 0 Å². The number of rotatable bonds is 2. The van der Waals surface area contributed by atoms with E-state index < -0.39 is 0 Å². The highest BCUT2D eigenvalue weighted by atomic mass is 32.1. The third-order valence-electron chi connectivity index (χ3n) is 3.07. The second kappa shape index (κ2) is 4.49. The lowest BCUT2D eigenvalue weighted by atomic mass is 10.1. The standard InChI is InChI=1S/C14H15NOS/c1-2-16-14-8-11(9-15-14)13-7-10-5-3-4-6-12(10)17-13/h3-7,11H,2,8-9H2,1H3. The van der Waals surface area contributed by atoms with E-state index in [1.807, 2.05) is 18.3 Å². The van der Waals surface area contributed by atoms with Crippen LogP contribution in [-0.4, -0.2) is 19.0 Å². The summed E-state index contributed by atoms with van der Waals surface area (Å²) < 4.78 is 6.85. The van der Waals surface area contributed by atoms with E-state index in [-0.39, 0.29) is 0 Å². The minimum Gasteiger partial charge on any atom is -0.481 e. The van der Waals surface area contributed by atoms with Crippen molar-refractivity contribution in [2.75, 3.05) is 13.2 Å². The lowest BCUT2D eigenvalue weighted by Gasteiger charge is -2.05. The molecule has 0 radical (unpaired) electrons. The number of benzene rings is 1. The van der Waals surface area contributed by atoms with Crippen molar-refractivity contribution in [2.45, 2.75) is 19.3 Å². The molecule has 2 nitrogen and oxygen atoms in total. The predicted molar refractivity (Wildman–Crippen MR) is 73.1 cm³/mol. The van der Waals surface area contributed by atoms with Crippen molar-refractivity contribution in [3.05, 3.63) is 35.2 Å². The van der Waals surface area contributed by atoms with Gasteiger partial charge in [0.05, 0.1) is 13.2 Å². The van der Waals surface area contributed by atoms with E-state index in [9.17, 15) is 0 Å². The Kier molecular flexibility index (Phi) is 2.85. The predicted octanol–water partition coefficient (Wildman–Crippen LogP) is 3.82. The molecule has 1 aromatic heterocycles. The maximum absolute atomic E-state index is 5.48. The normalized spacial score (nSPS) is 19.6.